The van der Waals surface area contributed by atoms with E-state index in [9.17, 15) is 4.79 Å². The van der Waals surface area contributed by atoms with E-state index in [1.165, 1.54) is 6.33 Å². The van der Waals surface area contributed by atoms with E-state index in [1.54, 1.807) is 36.0 Å². The summed E-state index contributed by atoms with van der Waals surface area (Å²) in [5.74, 6) is 1.21. The van der Waals surface area contributed by atoms with Crippen LogP contribution in [0.25, 0.3) is 0 Å². The first kappa shape index (κ1) is 17.7. The third-order valence-corrected chi connectivity index (χ3v) is 3.59. The lowest BCUT2D eigenvalue weighted by molar-refractivity contribution is 0.0954. The van der Waals surface area contributed by atoms with Gasteiger partial charge in [-0.25, -0.2) is 4.98 Å². The minimum absolute atomic E-state index is 0.204. The number of aliphatic imine (C=N–C) groups is 1. The van der Waals surface area contributed by atoms with Crippen molar-refractivity contribution >= 4 is 23.5 Å². The van der Waals surface area contributed by atoms with Gasteiger partial charge in [-0.2, -0.15) is 5.10 Å². The molecule has 9 heteroatoms. The quantitative estimate of drug-likeness (QED) is 0.402. The Morgan fingerprint density at radius 2 is 2.00 bits per heavy atom. The van der Waals surface area contributed by atoms with Crippen molar-refractivity contribution in [2.45, 2.75) is 6.54 Å². The van der Waals surface area contributed by atoms with E-state index in [4.69, 9.17) is 11.6 Å². The molecule has 1 heterocycles. The second-order valence-electron chi connectivity index (χ2n) is 4.89. The van der Waals surface area contributed by atoms with Gasteiger partial charge in [0.25, 0.3) is 5.91 Å². The molecule has 0 radical (unpaired) electrons. The number of amides is 1. The maximum Gasteiger partial charge on any atom is 0.252 e. The molecule has 1 aromatic carbocycles. The molecule has 0 saturated carbocycles. The van der Waals surface area contributed by atoms with Crippen molar-refractivity contribution in [2.75, 3.05) is 20.1 Å². The first-order valence-electron chi connectivity index (χ1n) is 7.42. The second-order valence-corrected chi connectivity index (χ2v) is 5.30. The number of aromatic nitrogens is 3. The molecule has 2 aromatic rings. The van der Waals surface area contributed by atoms with E-state index < -0.39 is 0 Å². The Labute approximate surface area is 145 Å². The number of halogens is 1. The average Bonchev–Trinajstić information content (AvgIpc) is 2.99. The highest BCUT2D eigenvalue weighted by Gasteiger charge is 2.08. The largest absolute Gasteiger partial charge is 0.355 e. The van der Waals surface area contributed by atoms with E-state index in [0.717, 1.165) is 5.82 Å². The van der Waals surface area contributed by atoms with Crippen LogP contribution in [-0.2, 0) is 13.6 Å². The van der Waals surface area contributed by atoms with Crippen LogP contribution in [0.3, 0.4) is 0 Å². The zero-order valence-corrected chi connectivity index (χ0v) is 14.3. The van der Waals surface area contributed by atoms with Crippen molar-refractivity contribution in [1.82, 2.24) is 30.7 Å². The highest BCUT2D eigenvalue weighted by molar-refractivity contribution is 6.33. The number of carbonyl (C=O) groups excluding carboxylic acids is 1. The van der Waals surface area contributed by atoms with Crippen LogP contribution in [0.2, 0.25) is 5.02 Å². The van der Waals surface area contributed by atoms with E-state index >= 15 is 0 Å². The maximum absolute atomic E-state index is 12.0. The predicted molar refractivity (Wildman–Crippen MR) is 93.0 cm³/mol. The zero-order valence-electron chi connectivity index (χ0n) is 13.6. The molecule has 0 aliphatic carbocycles. The van der Waals surface area contributed by atoms with Crippen molar-refractivity contribution in [3.05, 3.63) is 47.0 Å². The van der Waals surface area contributed by atoms with Gasteiger partial charge in [-0.1, -0.05) is 23.7 Å². The first-order valence-corrected chi connectivity index (χ1v) is 7.79. The lowest BCUT2D eigenvalue weighted by Crippen LogP contribution is -2.41. The number of guanidine groups is 1. The van der Waals surface area contributed by atoms with Crippen LogP contribution in [-0.4, -0.2) is 46.8 Å². The van der Waals surface area contributed by atoms with Gasteiger partial charge < -0.3 is 16.0 Å². The molecule has 8 nitrogen and oxygen atoms in total. The Morgan fingerprint density at radius 3 is 2.67 bits per heavy atom. The summed E-state index contributed by atoms with van der Waals surface area (Å²) in [7, 11) is 3.50. The summed E-state index contributed by atoms with van der Waals surface area (Å²) >= 11 is 5.99. The van der Waals surface area contributed by atoms with Gasteiger partial charge in [0.15, 0.2) is 5.96 Å². The molecule has 3 N–H and O–H groups in total. The van der Waals surface area contributed by atoms with Crippen molar-refractivity contribution in [2.24, 2.45) is 12.0 Å². The molecule has 0 aliphatic heterocycles. The average molecular weight is 350 g/mol. The number of nitrogens with one attached hydrogen (secondary N) is 3. The number of hydrogen-bond acceptors (Lipinski definition) is 4. The van der Waals surface area contributed by atoms with Crippen LogP contribution < -0.4 is 16.0 Å². The normalized spacial score (nSPS) is 11.2. The molecule has 128 valence electrons. The molecule has 0 unspecified atom stereocenters. The topological polar surface area (TPSA) is 96.2 Å². The number of hydrogen-bond donors (Lipinski definition) is 3. The van der Waals surface area contributed by atoms with E-state index in [1.807, 2.05) is 7.05 Å². The fourth-order valence-electron chi connectivity index (χ4n) is 1.96. The van der Waals surface area contributed by atoms with E-state index in [2.05, 4.69) is 31.0 Å². The molecule has 0 bridgehead atoms. The summed E-state index contributed by atoms with van der Waals surface area (Å²) in [6.07, 6.45) is 1.50. The van der Waals surface area contributed by atoms with Gasteiger partial charge in [-0.3, -0.25) is 14.5 Å². The minimum atomic E-state index is -0.204. The molecule has 0 aliphatic rings. The van der Waals surface area contributed by atoms with Gasteiger partial charge in [0.2, 0.25) is 0 Å². The zero-order chi connectivity index (χ0) is 17.4. The van der Waals surface area contributed by atoms with Crippen LogP contribution in [0.1, 0.15) is 16.2 Å². The number of benzene rings is 1. The summed E-state index contributed by atoms with van der Waals surface area (Å²) in [6.45, 7) is 1.46. The summed E-state index contributed by atoms with van der Waals surface area (Å²) in [5, 5.41) is 13.5. The Bertz CT molecular complexity index is 713. The van der Waals surface area contributed by atoms with E-state index in [-0.39, 0.29) is 5.91 Å². The van der Waals surface area contributed by atoms with Crippen molar-refractivity contribution in [1.29, 1.82) is 0 Å². The minimum Gasteiger partial charge on any atom is -0.355 e. The molecule has 1 aromatic heterocycles. The molecule has 1 amide bonds. The van der Waals surface area contributed by atoms with Crippen molar-refractivity contribution in [3.63, 3.8) is 0 Å². The fraction of sp³-hybridized carbons (Fsp3) is 0.333. The number of carbonyl (C=O) groups is 1. The van der Waals surface area contributed by atoms with Crippen LogP contribution in [0.15, 0.2) is 35.6 Å². The Hall–Kier alpha value is -2.61. The van der Waals surface area contributed by atoms with Gasteiger partial charge >= 0.3 is 0 Å². The first-order chi connectivity index (χ1) is 11.6. The highest BCUT2D eigenvalue weighted by atomic mass is 35.5. The van der Waals surface area contributed by atoms with Gasteiger partial charge in [-0.05, 0) is 12.1 Å². The van der Waals surface area contributed by atoms with Gasteiger partial charge in [-0.15, -0.1) is 0 Å². The van der Waals surface area contributed by atoms with Crippen LogP contribution >= 0.6 is 11.6 Å². The summed E-state index contributed by atoms with van der Waals surface area (Å²) < 4.78 is 1.68. The lowest BCUT2D eigenvalue weighted by atomic mass is 10.2. The van der Waals surface area contributed by atoms with Crippen LogP contribution in [0, 0.1) is 0 Å². The number of rotatable bonds is 6. The molecule has 0 spiro atoms. The monoisotopic (exact) mass is 349 g/mol. The van der Waals surface area contributed by atoms with Gasteiger partial charge in [0.05, 0.1) is 17.1 Å². The van der Waals surface area contributed by atoms with Crippen LogP contribution in [0.5, 0.6) is 0 Å². The molecular formula is C15H20ClN7O. The third-order valence-electron chi connectivity index (χ3n) is 3.26. The summed E-state index contributed by atoms with van der Waals surface area (Å²) in [5.41, 5.74) is 0.462. The Balaban J connectivity index is 1.71. The summed E-state index contributed by atoms with van der Waals surface area (Å²) in [6, 6.07) is 6.93. The van der Waals surface area contributed by atoms with Crippen molar-refractivity contribution < 1.29 is 4.79 Å². The molecule has 0 fully saturated rings. The standard InChI is InChI=1S/C15H20ClN7O/c1-17-15(20-9-13-21-10-22-23(13)2)19-8-7-18-14(24)11-5-3-4-6-12(11)16/h3-6,10H,7-9H2,1-2H3,(H,18,24)(H2,17,19,20). The van der Waals surface area contributed by atoms with Crippen LogP contribution in [0.4, 0.5) is 0 Å². The van der Waals surface area contributed by atoms with Gasteiger partial charge in [0.1, 0.15) is 12.2 Å². The molecule has 0 saturated heterocycles. The highest BCUT2D eigenvalue weighted by Crippen LogP contribution is 2.14. The maximum atomic E-state index is 12.0. The van der Waals surface area contributed by atoms with E-state index in [0.29, 0.717) is 36.2 Å². The second kappa shape index (κ2) is 8.88. The SMILES string of the molecule is CN=C(NCCNC(=O)c1ccccc1Cl)NCc1ncnn1C. The molecule has 24 heavy (non-hydrogen) atoms. The molecular weight excluding hydrogens is 330 g/mol. The predicted octanol–water partition coefficient (Wildman–Crippen LogP) is 0.563. The Kier molecular flexibility index (Phi) is 6.56. The summed E-state index contributed by atoms with van der Waals surface area (Å²) in [4.78, 5) is 20.2. The number of aryl methyl sites for hydroxylation is 1. The third kappa shape index (κ3) is 4.95. The smallest absolute Gasteiger partial charge is 0.252 e. The fourth-order valence-corrected chi connectivity index (χ4v) is 2.18. The molecule has 2 rings (SSSR count). The van der Waals surface area contributed by atoms with Crippen molar-refractivity contribution in [3.8, 4) is 0 Å². The number of nitrogens with zero attached hydrogens (tertiary/aromatic N) is 4. The van der Waals surface area contributed by atoms with Gasteiger partial charge in [0, 0.05) is 27.2 Å². The lowest BCUT2D eigenvalue weighted by Gasteiger charge is -2.12. The molecule has 0 atom stereocenters. The Morgan fingerprint density at radius 1 is 1.25 bits per heavy atom.